The number of hydrogen-bond donors (Lipinski definition) is 1. The summed E-state index contributed by atoms with van der Waals surface area (Å²) < 4.78 is 12.8. The minimum absolute atomic E-state index is 0.243. The van der Waals surface area contributed by atoms with Gasteiger partial charge in [0, 0.05) is 24.0 Å². The molecule has 25 heavy (non-hydrogen) atoms. The predicted molar refractivity (Wildman–Crippen MR) is 92.5 cm³/mol. The van der Waals surface area contributed by atoms with Gasteiger partial charge in [0.25, 0.3) is 0 Å². The molecule has 0 spiro atoms. The second kappa shape index (κ2) is 6.12. The van der Waals surface area contributed by atoms with Gasteiger partial charge in [0.2, 0.25) is 6.79 Å². The molecule has 0 aliphatic carbocycles. The second-order valence-electron chi connectivity index (χ2n) is 6.13. The van der Waals surface area contributed by atoms with E-state index in [1.54, 1.807) is 17.7 Å². The molecule has 0 saturated carbocycles. The molecule has 0 radical (unpaired) electrons. The Balaban J connectivity index is 1.29. The van der Waals surface area contributed by atoms with Crippen molar-refractivity contribution in [1.82, 2.24) is 25.1 Å². The van der Waals surface area contributed by atoms with Crippen molar-refractivity contribution in [2.45, 2.75) is 32.0 Å². The standard InChI is InChI=1S/C17H17N5O2S/c1-2-13(16-19-9-20-22(16)5-1)18-7-12-8-25-17(21-12)11-3-4-14-15(6-11)24-10-23-14/h3-4,6,8-9,13,18H,1-2,5,7,10H2. The van der Waals surface area contributed by atoms with E-state index in [0.717, 1.165) is 59.5 Å². The van der Waals surface area contributed by atoms with E-state index in [2.05, 4.69) is 20.8 Å². The van der Waals surface area contributed by atoms with Crippen molar-refractivity contribution in [3.8, 4) is 22.1 Å². The normalized spacial score (nSPS) is 18.3. The van der Waals surface area contributed by atoms with Gasteiger partial charge < -0.3 is 14.8 Å². The molecule has 7 nitrogen and oxygen atoms in total. The first-order valence-corrected chi connectivity index (χ1v) is 9.20. The number of aryl methyl sites for hydroxylation is 1. The van der Waals surface area contributed by atoms with Crippen LogP contribution in [0.4, 0.5) is 0 Å². The molecule has 8 heteroatoms. The Morgan fingerprint density at radius 1 is 1.28 bits per heavy atom. The highest BCUT2D eigenvalue weighted by molar-refractivity contribution is 7.13. The number of ether oxygens (including phenoxy) is 2. The maximum atomic E-state index is 5.45. The van der Waals surface area contributed by atoms with E-state index < -0.39 is 0 Å². The van der Waals surface area contributed by atoms with Crippen molar-refractivity contribution in [2.75, 3.05) is 6.79 Å². The quantitative estimate of drug-likeness (QED) is 0.776. The van der Waals surface area contributed by atoms with Crippen molar-refractivity contribution in [3.63, 3.8) is 0 Å². The van der Waals surface area contributed by atoms with Crippen LogP contribution in [0.25, 0.3) is 10.6 Å². The van der Waals surface area contributed by atoms with Crippen LogP contribution < -0.4 is 14.8 Å². The number of nitrogens with one attached hydrogen (secondary N) is 1. The first kappa shape index (κ1) is 14.9. The smallest absolute Gasteiger partial charge is 0.231 e. The van der Waals surface area contributed by atoms with E-state index in [-0.39, 0.29) is 12.8 Å². The average molecular weight is 355 g/mol. The zero-order valence-electron chi connectivity index (χ0n) is 13.5. The molecule has 1 unspecified atom stereocenters. The number of rotatable bonds is 4. The van der Waals surface area contributed by atoms with Crippen LogP contribution >= 0.6 is 11.3 Å². The molecule has 1 aromatic carbocycles. The number of thiazole rings is 1. The van der Waals surface area contributed by atoms with Crippen molar-refractivity contribution in [2.24, 2.45) is 0 Å². The van der Waals surface area contributed by atoms with Crippen molar-refractivity contribution in [3.05, 3.63) is 41.4 Å². The van der Waals surface area contributed by atoms with Gasteiger partial charge in [-0.2, -0.15) is 5.10 Å². The lowest BCUT2D eigenvalue weighted by atomic mass is 10.1. The lowest BCUT2D eigenvalue weighted by Crippen LogP contribution is -2.28. The lowest BCUT2D eigenvalue weighted by molar-refractivity contribution is 0.174. The Bertz CT molecular complexity index is 906. The van der Waals surface area contributed by atoms with Gasteiger partial charge in [0.15, 0.2) is 11.5 Å². The lowest BCUT2D eigenvalue weighted by Gasteiger charge is -2.22. The predicted octanol–water partition coefficient (Wildman–Crippen LogP) is 2.76. The van der Waals surface area contributed by atoms with Crippen molar-refractivity contribution in [1.29, 1.82) is 0 Å². The summed E-state index contributed by atoms with van der Waals surface area (Å²) in [6, 6.07) is 6.19. The van der Waals surface area contributed by atoms with Crippen LogP contribution in [0.1, 0.15) is 30.4 Å². The van der Waals surface area contributed by atoms with Gasteiger partial charge >= 0.3 is 0 Å². The van der Waals surface area contributed by atoms with E-state index in [1.807, 2.05) is 22.9 Å². The SMILES string of the molecule is c1nc2n(n1)CCCC2NCc1csc(-c2ccc3c(c2)OCO3)n1. The monoisotopic (exact) mass is 355 g/mol. The first-order chi connectivity index (χ1) is 12.4. The minimum atomic E-state index is 0.243. The molecule has 1 N–H and O–H groups in total. The summed E-state index contributed by atoms with van der Waals surface area (Å²) in [5.74, 6) is 2.61. The van der Waals surface area contributed by atoms with Crippen LogP contribution in [0.2, 0.25) is 0 Å². The molecule has 128 valence electrons. The largest absolute Gasteiger partial charge is 0.454 e. The van der Waals surface area contributed by atoms with E-state index in [9.17, 15) is 0 Å². The molecule has 2 aromatic heterocycles. The second-order valence-corrected chi connectivity index (χ2v) is 6.99. The third kappa shape index (κ3) is 2.77. The van der Waals surface area contributed by atoms with Gasteiger partial charge in [-0.25, -0.2) is 14.6 Å². The van der Waals surface area contributed by atoms with Gasteiger partial charge in [-0.15, -0.1) is 11.3 Å². The van der Waals surface area contributed by atoms with Crippen molar-refractivity contribution >= 4 is 11.3 Å². The summed E-state index contributed by atoms with van der Waals surface area (Å²) in [5.41, 5.74) is 2.09. The fourth-order valence-electron chi connectivity index (χ4n) is 3.26. The van der Waals surface area contributed by atoms with Gasteiger partial charge in [-0.05, 0) is 31.0 Å². The topological polar surface area (TPSA) is 74.1 Å². The summed E-state index contributed by atoms with van der Waals surface area (Å²) in [6.45, 7) is 1.97. The van der Waals surface area contributed by atoms with Crippen molar-refractivity contribution < 1.29 is 9.47 Å². The summed E-state index contributed by atoms with van der Waals surface area (Å²) in [7, 11) is 0. The highest BCUT2D eigenvalue weighted by Gasteiger charge is 2.22. The molecule has 0 bridgehead atoms. The molecule has 5 rings (SSSR count). The first-order valence-electron chi connectivity index (χ1n) is 8.32. The van der Waals surface area contributed by atoms with Gasteiger partial charge in [0.1, 0.15) is 17.2 Å². The molecule has 2 aliphatic heterocycles. The Morgan fingerprint density at radius 2 is 2.24 bits per heavy atom. The van der Waals surface area contributed by atoms with E-state index >= 15 is 0 Å². The Hall–Kier alpha value is -2.45. The number of benzene rings is 1. The molecular weight excluding hydrogens is 338 g/mol. The number of nitrogens with zero attached hydrogens (tertiary/aromatic N) is 4. The fraction of sp³-hybridized carbons (Fsp3) is 0.353. The Labute approximate surface area is 148 Å². The summed E-state index contributed by atoms with van der Waals surface area (Å²) in [5, 5.41) is 10.9. The van der Waals surface area contributed by atoms with Crippen LogP contribution in [0, 0.1) is 0 Å². The van der Waals surface area contributed by atoms with Gasteiger partial charge in [0.05, 0.1) is 11.7 Å². The number of aromatic nitrogens is 4. The van der Waals surface area contributed by atoms with E-state index in [4.69, 9.17) is 14.5 Å². The third-order valence-electron chi connectivity index (χ3n) is 4.52. The highest BCUT2D eigenvalue weighted by atomic mass is 32.1. The summed E-state index contributed by atoms with van der Waals surface area (Å²) in [4.78, 5) is 9.13. The summed E-state index contributed by atoms with van der Waals surface area (Å²) in [6.07, 6.45) is 3.83. The van der Waals surface area contributed by atoms with Crippen LogP contribution in [0.15, 0.2) is 29.9 Å². The van der Waals surface area contributed by atoms with E-state index in [1.165, 1.54) is 0 Å². The molecule has 2 aliphatic rings. The molecule has 0 saturated heterocycles. The van der Waals surface area contributed by atoms with Crippen LogP contribution in [0.3, 0.4) is 0 Å². The molecule has 0 fully saturated rings. The third-order valence-corrected chi connectivity index (χ3v) is 5.46. The molecule has 3 aromatic rings. The zero-order chi connectivity index (χ0) is 16.6. The summed E-state index contributed by atoms with van der Waals surface area (Å²) >= 11 is 1.64. The Kier molecular flexibility index (Phi) is 3.64. The number of fused-ring (bicyclic) bond motifs is 2. The van der Waals surface area contributed by atoms with Crippen LogP contribution in [-0.2, 0) is 13.1 Å². The fourth-order valence-corrected chi connectivity index (χ4v) is 4.08. The number of hydrogen-bond acceptors (Lipinski definition) is 7. The van der Waals surface area contributed by atoms with Crippen LogP contribution in [-0.4, -0.2) is 26.5 Å². The average Bonchev–Trinajstić information content (AvgIpc) is 3.38. The maximum Gasteiger partial charge on any atom is 0.231 e. The van der Waals surface area contributed by atoms with E-state index in [0.29, 0.717) is 0 Å². The maximum absolute atomic E-state index is 5.45. The highest BCUT2D eigenvalue weighted by Crippen LogP contribution is 2.36. The molecular formula is C17H17N5O2S. The van der Waals surface area contributed by atoms with Crippen LogP contribution in [0.5, 0.6) is 11.5 Å². The zero-order valence-corrected chi connectivity index (χ0v) is 14.3. The van der Waals surface area contributed by atoms with Gasteiger partial charge in [-0.3, -0.25) is 0 Å². The molecule has 1 atom stereocenters. The van der Waals surface area contributed by atoms with Gasteiger partial charge in [-0.1, -0.05) is 0 Å². The molecule has 4 heterocycles. The molecule has 0 amide bonds. The minimum Gasteiger partial charge on any atom is -0.454 e. The Morgan fingerprint density at radius 3 is 3.24 bits per heavy atom.